The Kier molecular flexibility index (Phi) is 11.9. The number of unbranched alkanes of at least 4 members (excludes halogenated alkanes) is 1. The maximum absolute atomic E-state index is 14.5. The van der Waals surface area contributed by atoms with Crippen molar-refractivity contribution in [1.29, 1.82) is 0 Å². The number of aromatic nitrogens is 2. The van der Waals surface area contributed by atoms with E-state index in [-0.39, 0.29) is 48.4 Å². The van der Waals surface area contributed by atoms with E-state index in [0.717, 1.165) is 57.8 Å². The number of rotatable bonds is 10. The van der Waals surface area contributed by atoms with Crippen molar-refractivity contribution in [2.45, 2.75) is 113 Å². The first-order chi connectivity index (χ1) is 25.1. The van der Waals surface area contributed by atoms with Gasteiger partial charge in [-0.3, -0.25) is 9.59 Å². The number of hydrogen-bond donors (Lipinski definition) is 3. The lowest BCUT2D eigenvalue weighted by Gasteiger charge is -2.30. The number of halogens is 1. The highest BCUT2D eigenvalue weighted by atomic mass is 35.5. The number of carboxylic acid groups (broad SMARTS) is 1. The fourth-order valence-corrected chi connectivity index (χ4v) is 8.01. The van der Waals surface area contributed by atoms with E-state index < -0.39 is 47.6 Å². The van der Waals surface area contributed by atoms with Crippen LogP contribution in [0.4, 0.5) is 4.79 Å². The Morgan fingerprint density at radius 2 is 2.00 bits per heavy atom. The first-order valence-electron chi connectivity index (χ1n) is 18.4. The molecule has 3 heterocycles. The number of carbonyl (C=O) groups excluding carboxylic acids is 3. The second-order valence-electron chi connectivity index (χ2n) is 14.3. The number of nitrogens with zero attached hydrogens (tertiary/aromatic N) is 3. The number of ether oxygens (including phenoxy) is 3. The minimum absolute atomic E-state index is 0.00680. The second-order valence-corrected chi connectivity index (χ2v) is 14.7. The maximum atomic E-state index is 14.5. The molecule has 3 fully saturated rings. The van der Waals surface area contributed by atoms with E-state index in [2.05, 4.69) is 27.2 Å². The van der Waals surface area contributed by atoms with Gasteiger partial charge in [-0.05, 0) is 82.3 Å². The van der Waals surface area contributed by atoms with Gasteiger partial charge in [0.05, 0.1) is 24.7 Å². The van der Waals surface area contributed by atoms with Gasteiger partial charge in [0.1, 0.15) is 35.6 Å². The Labute approximate surface area is 308 Å². The summed E-state index contributed by atoms with van der Waals surface area (Å²) in [5, 5.41) is 15.8. The Morgan fingerprint density at radius 3 is 2.79 bits per heavy atom. The fourth-order valence-electron chi connectivity index (χ4n) is 7.83. The van der Waals surface area contributed by atoms with Crippen LogP contribution in [0, 0.1) is 11.8 Å². The third kappa shape index (κ3) is 8.46. The number of aliphatic carboxylic acids is 1. The van der Waals surface area contributed by atoms with Crippen molar-refractivity contribution < 1.29 is 38.5 Å². The third-order valence-electron chi connectivity index (χ3n) is 10.8. The van der Waals surface area contributed by atoms with Crippen molar-refractivity contribution in [1.82, 2.24) is 25.5 Å². The highest BCUT2D eigenvalue weighted by Crippen LogP contribution is 2.45. The minimum atomic E-state index is -1.46. The van der Waals surface area contributed by atoms with Gasteiger partial charge < -0.3 is 34.9 Å². The Bertz CT molecular complexity index is 1700. The highest BCUT2D eigenvalue weighted by Gasteiger charge is 2.61. The summed E-state index contributed by atoms with van der Waals surface area (Å²) in [5.74, 6) is -1.72. The van der Waals surface area contributed by atoms with Crippen LogP contribution in [0.5, 0.6) is 11.6 Å². The van der Waals surface area contributed by atoms with Gasteiger partial charge in [0.2, 0.25) is 11.8 Å². The lowest BCUT2D eigenvalue weighted by molar-refractivity contribution is -0.145. The normalized spacial score (nSPS) is 29.2. The summed E-state index contributed by atoms with van der Waals surface area (Å²) >= 11 is 6.49. The van der Waals surface area contributed by atoms with Gasteiger partial charge in [0, 0.05) is 18.4 Å². The fraction of sp³-hybridized carbons (Fsp3) is 0.579. The quantitative estimate of drug-likeness (QED) is 0.202. The average molecular weight is 738 g/mol. The van der Waals surface area contributed by atoms with Crippen LogP contribution in [-0.4, -0.2) is 87.3 Å². The Hall–Kier alpha value is -4.39. The zero-order chi connectivity index (χ0) is 36.8. The monoisotopic (exact) mass is 737 g/mol. The summed E-state index contributed by atoms with van der Waals surface area (Å²) in [4.78, 5) is 64.6. The molecule has 0 unspecified atom stereocenters. The van der Waals surface area contributed by atoms with Crippen molar-refractivity contribution in [3.63, 3.8) is 0 Å². The molecule has 3 amide bonds. The number of carbonyl (C=O) groups is 4. The molecule has 6 rings (SSSR count). The summed E-state index contributed by atoms with van der Waals surface area (Å²) in [6.07, 6.45) is 13.3. The van der Waals surface area contributed by atoms with Crippen molar-refractivity contribution in [3.8, 4) is 11.6 Å². The molecule has 280 valence electrons. The van der Waals surface area contributed by atoms with E-state index in [1.807, 2.05) is 18.2 Å². The number of benzene rings is 1. The van der Waals surface area contributed by atoms with Crippen LogP contribution in [0.15, 0.2) is 43.0 Å². The molecule has 13 nitrogen and oxygen atoms in total. The summed E-state index contributed by atoms with van der Waals surface area (Å²) in [5.41, 5.74) is -0.455. The van der Waals surface area contributed by atoms with Gasteiger partial charge in [-0.25, -0.2) is 19.6 Å². The molecule has 2 aliphatic heterocycles. The number of alkyl carbamates (subject to hydrolysis) is 1. The van der Waals surface area contributed by atoms with Gasteiger partial charge in [0.15, 0.2) is 5.15 Å². The molecule has 0 radical (unpaired) electrons. The topological polar surface area (TPSA) is 169 Å². The number of hydrogen-bond acceptors (Lipinski definition) is 9. The Morgan fingerprint density at radius 1 is 1.15 bits per heavy atom. The molecule has 3 N–H and O–H groups in total. The molecule has 1 saturated heterocycles. The lowest BCUT2D eigenvalue weighted by atomic mass is 9.98. The van der Waals surface area contributed by atoms with Crippen molar-refractivity contribution in [3.05, 3.63) is 48.2 Å². The van der Waals surface area contributed by atoms with E-state index in [9.17, 15) is 24.3 Å². The first-order valence-corrected chi connectivity index (χ1v) is 18.8. The van der Waals surface area contributed by atoms with Crippen LogP contribution >= 0.6 is 11.6 Å². The van der Waals surface area contributed by atoms with E-state index >= 15 is 0 Å². The molecule has 52 heavy (non-hydrogen) atoms. The highest BCUT2D eigenvalue weighted by molar-refractivity contribution is 6.31. The molecule has 2 saturated carbocycles. The van der Waals surface area contributed by atoms with Crippen LogP contribution in [-0.2, 0) is 19.1 Å². The van der Waals surface area contributed by atoms with Crippen LogP contribution in [0.2, 0.25) is 5.15 Å². The molecular formula is C38H48ClN5O8. The maximum Gasteiger partial charge on any atom is 0.408 e. The van der Waals surface area contributed by atoms with E-state index in [0.29, 0.717) is 29.6 Å². The standard InChI is InChI=1S/C38H48ClN5O8/c1-3-4-8-12-23-13-11-16-31(23)52-37(49)42-28-15-10-7-5-6-9-14-24-21-38(24,36(47)48)43-33(45)30-20-26(22-44(30)35(28)46)51-34-32(39)40-27-18-17-25(50-2)19-29(27)41-34/h3,9,14,17-19,23-24,26,28,30-31H,1,4-8,10-13,15-16,20-22H2,2H3,(H,42,49)(H,43,45)(H,47,48)/t23-,24-,26-,28+,30+,31-,38-/m1/s1. The van der Waals surface area contributed by atoms with Crippen molar-refractivity contribution >= 4 is 46.5 Å². The predicted molar refractivity (Wildman–Crippen MR) is 193 cm³/mol. The molecule has 4 aliphatic rings. The molecule has 1 aromatic heterocycles. The van der Waals surface area contributed by atoms with Crippen LogP contribution < -0.4 is 20.1 Å². The molecule has 0 spiro atoms. The van der Waals surface area contributed by atoms with Crippen molar-refractivity contribution in [2.75, 3.05) is 13.7 Å². The summed E-state index contributed by atoms with van der Waals surface area (Å²) in [7, 11) is 1.54. The molecule has 2 aromatic rings. The predicted octanol–water partition coefficient (Wildman–Crippen LogP) is 5.74. The number of nitrogens with one attached hydrogen (secondary N) is 2. The van der Waals surface area contributed by atoms with Gasteiger partial charge in [-0.1, -0.05) is 42.7 Å². The second kappa shape index (κ2) is 16.5. The molecule has 14 heteroatoms. The smallest absolute Gasteiger partial charge is 0.408 e. The van der Waals surface area contributed by atoms with Gasteiger partial charge in [-0.2, -0.15) is 0 Å². The van der Waals surface area contributed by atoms with E-state index in [4.69, 9.17) is 25.8 Å². The van der Waals surface area contributed by atoms with Crippen molar-refractivity contribution in [2.24, 2.45) is 11.8 Å². The number of methoxy groups -OCH3 is 1. The Balaban J connectivity index is 1.24. The minimum Gasteiger partial charge on any atom is -0.497 e. The summed E-state index contributed by atoms with van der Waals surface area (Å²) in [6.45, 7) is 3.77. The molecule has 0 bridgehead atoms. The van der Waals surface area contributed by atoms with Crippen LogP contribution in [0.1, 0.15) is 83.5 Å². The van der Waals surface area contributed by atoms with E-state index in [1.165, 1.54) is 12.0 Å². The van der Waals surface area contributed by atoms with E-state index in [1.54, 1.807) is 18.2 Å². The van der Waals surface area contributed by atoms with Gasteiger partial charge in [-0.15, -0.1) is 6.58 Å². The number of carboxylic acids is 1. The molecule has 2 aliphatic carbocycles. The SMILES string of the molecule is C=CCCC[C@@H]1CCC[C@H]1OC(=O)N[C@H]1CCCCCC=C[C@@H]2C[C@@]2(C(=O)O)NC(=O)[C@@H]2C[C@@H](Oc3nc4cc(OC)ccc4nc3Cl)CN2C1=O. The lowest BCUT2D eigenvalue weighted by Crippen LogP contribution is -2.56. The number of fused-ring (bicyclic) bond motifs is 3. The summed E-state index contributed by atoms with van der Waals surface area (Å²) < 4.78 is 17.5. The van der Waals surface area contributed by atoms with Crippen LogP contribution in [0.25, 0.3) is 11.0 Å². The zero-order valence-electron chi connectivity index (χ0n) is 29.6. The number of amides is 3. The molecule has 7 atom stereocenters. The van der Waals surface area contributed by atoms with Gasteiger partial charge in [0.25, 0.3) is 5.88 Å². The largest absolute Gasteiger partial charge is 0.497 e. The summed E-state index contributed by atoms with van der Waals surface area (Å²) in [6, 6.07) is 3.10. The van der Waals surface area contributed by atoms with Gasteiger partial charge >= 0.3 is 12.1 Å². The van der Waals surface area contributed by atoms with Crippen LogP contribution in [0.3, 0.4) is 0 Å². The average Bonchev–Trinajstić information content (AvgIpc) is 3.40. The zero-order valence-corrected chi connectivity index (χ0v) is 30.3. The molecular weight excluding hydrogens is 690 g/mol. The third-order valence-corrected chi connectivity index (χ3v) is 11.1. The number of allylic oxidation sites excluding steroid dienone is 2. The molecule has 1 aromatic carbocycles. The first kappa shape index (κ1) is 37.4.